The number of hydrogen-bond acceptors (Lipinski definition) is 7. The van der Waals surface area contributed by atoms with E-state index in [4.69, 9.17) is 4.74 Å². The highest BCUT2D eigenvalue weighted by molar-refractivity contribution is 6.08. The average Bonchev–Trinajstić information content (AvgIpc) is 3.08. The molecule has 2 aromatic carbocycles. The van der Waals surface area contributed by atoms with Gasteiger partial charge in [0.05, 0.1) is 6.61 Å². The molecular weight excluding hydrogens is 404 g/mol. The minimum absolute atomic E-state index is 0.233. The summed E-state index contributed by atoms with van der Waals surface area (Å²) in [4.78, 5) is 39.5. The van der Waals surface area contributed by atoms with Crippen molar-refractivity contribution in [3.05, 3.63) is 92.8 Å². The fraction of sp³-hybridized carbons (Fsp3) is 0.227. The summed E-state index contributed by atoms with van der Waals surface area (Å²) < 4.78 is 6.16. The molecule has 1 aliphatic heterocycles. The minimum Gasteiger partial charge on any atom is -0.394 e. The summed E-state index contributed by atoms with van der Waals surface area (Å²) in [7, 11) is 0. The second-order valence-corrected chi connectivity index (χ2v) is 7.21. The van der Waals surface area contributed by atoms with Gasteiger partial charge in [0.15, 0.2) is 12.0 Å². The number of aromatic amines is 1. The third kappa shape index (κ3) is 3.87. The zero-order chi connectivity index (χ0) is 22.1. The number of aliphatic hydroxyl groups is 3. The summed E-state index contributed by atoms with van der Waals surface area (Å²) in [5.41, 5.74) is -0.0397. The normalized spacial score (nSPS) is 23.1. The molecule has 0 bridgehead atoms. The van der Waals surface area contributed by atoms with E-state index in [-0.39, 0.29) is 11.1 Å². The first-order valence-corrected chi connectivity index (χ1v) is 9.59. The highest BCUT2D eigenvalue weighted by Gasteiger charge is 2.44. The number of hydrogen-bond donors (Lipinski definition) is 4. The number of aliphatic hydroxyl groups excluding tert-OH is 3. The summed E-state index contributed by atoms with van der Waals surface area (Å²) in [6, 6.07) is 16.2. The predicted octanol–water partition coefficient (Wildman–Crippen LogP) is 0.0461. The third-order valence-electron chi connectivity index (χ3n) is 5.26. The van der Waals surface area contributed by atoms with Gasteiger partial charge in [-0.1, -0.05) is 54.6 Å². The maximum atomic E-state index is 12.9. The maximum absolute atomic E-state index is 12.9. The van der Waals surface area contributed by atoms with Gasteiger partial charge in [-0.25, -0.2) is 4.79 Å². The van der Waals surface area contributed by atoms with E-state index in [1.54, 1.807) is 24.3 Å². The Morgan fingerprint density at radius 3 is 2.23 bits per heavy atom. The Bertz CT molecular complexity index is 1200. The quantitative estimate of drug-likeness (QED) is 0.424. The van der Waals surface area contributed by atoms with Crippen LogP contribution in [0.15, 0.2) is 70.4 Å². The van der Waals surface area contributed by atoms with Crippen LogP contribution in [-0.2, 0) is 4.74 Å². The second-order valence-electron chi connectivity index (χ2n) is 7.21. The molecule has 0 saturated carbocycles. The van der Waals surface area contributed by atoms with Gasteiger partial charge in [0.2, 0.25) is 0 Å². The molecule has 9 heteroatoms. The third-order valence-corrected chi connectivity index (χ3v) is 5.26. The van der Waals surface area contributed by atoms with Crippen LogP contribution in [0, 0.1) is 0 Å². The van der Waals surface area contributed by atoms with Crippen molar-refractivity contribution in [1.82, 2.24) is 9.55 Å². The number of benzene rings is 2. The Labute approximate surface area is 175 Å². The number of H-pyrrole nitrogens is 1. The molecule has 4 N–H and O–H groups in total. The molecule has 0 aliphatic carbocycles. The number of rotatable bonds is 5. The van der Waals surface area contributed by atoms with Crippen molar-refractivity contribution in [2.75, 3.05) is 6.61 Å². The Morgan fingerprint density at radius 2 is 1.61 bits per heavy atom. The lowest BCUT2D eigenvalue weighted by atomic mass is 10.0. The topological polar surface area (TPSA) is 142 Å². The zero-order valence-corrected chi connectivity index (χ0v) is 16.2. The molecule has 1 aromatic heterocycles. The molecule has 0 amide bonds. The molecule has 4 atom stereocenters. The zero-order valence-electron chi connectivity index (χ0n) is 16.2. The lowest BCUT2D eigenvalue weighted by molar-refractivity contribution is -0.0550. The number of ketones is 1. The summed E-state index contributed by atoms with van der Waals surface area (Å²) in [6.45, 7) is -0.577. The smallest absolute Gasteiger partial charge is 0.330 e. The van der Waals surface area contributed by atoms with Crippen LogP contribution in [0.3, 0.4) is 0 Å². The number of nitrogens with zero attached hydrogens (tertiary/aromatic N) is 1. The molecule has 1 aliphatic rings. The van der Waals surface area contributed by atoms with Gasteiger partial charge in [0, 0.05) is 11.8 Å². The van der Waals surface area contributed by atoms with E-state index in [1.807, 2.05) is 35.3 Å². The van der Waals surface area contributed by atoms with E-state index in [0.717, 1.165) is 21.9 Å². The molecule has 0 radical (unpaired) electrons. The number of carbonyl (C=O) groups excluding carboxylic acids is 1. The van der Waals surface area contributed by atoms with Crippen LogP contribution in [0.2, 0.25) is 0 Å². The number of nitrogens with one attached hydrogen (secondary N) is 1. The molecule has 3 aromatic rings. The van der Waals surface area contributed by atoms with Crippen LogP contribution < -0.4 is 11.2 Å². The molecule has 2 heterocycles. The van der Waals surface area contributed by atoms with Gasteiger partial charge in [-0.2, -0.15) is 0 Å². The first-order chi connectivity index (χ1) is 14.9. The Balaban J connectivity index is 1.67. The molecule has 0 unspecified atom stereocenters. The van der Waals surface area contributed by atoms with E-state index >= 15 is 0 Å². The van der Waals surface area contributed by atoms with E-state index < -0.39 is 48.2 Å². The lowest BCUT2D eigenvalue weighted by Crippen LogP contribution is -2.39. The summed E-state index contributed by atoms with van der Waals surface area (Å²) in [6.07, 6.45) is -4.45. The van der Waals surface area contributed by atoms with Gasteiger partial charge in [-0.3, -0.25) is 19.1 Å². The largest absolute Gasteiger partial charge is 0.394 e. The number of ether oxygens (including phenoxy) is 1. The predicted molar refractivity (Wildman–Crippen MR) is 110 cm³/mol. The summed E-state index contributed by atoms with van der Waals surface area (Å²) in [5.74, 6) is -0.624. The van der Waals surface area contributed by atoms with Crippen molar-refractivity contribution < 1.29 is 24.9 Å². The van der Waals surface area contributed by atoms with Gasteiger partial charge in [0.1, 0.15) is 23.9 Å². The van der Waals surface area contributed by atoms with E-state index in [0.29, 0.717) is 0 Å². The summed E-state index contributed by atoms with van der Waals surface area (Å²) >= 11 is 0. The number of aromatic nitrogens is 2. The van der Waals surface area contributed by atoms with Crippen molar-refractivity contribution in [3.8, 4) is 11.1 Å². The molecule has 1 fully saturated rings. The van der Waals surface area contributed by atoms with Crippen molar-refractivity contribution >= 4 is 5.78 Å². The monoisotopic (exact) mass is 424 g/mol. The number of carbonyl (C=O) groups is 1. The van der Waals surface area contributed by atoms with Crippen LogP contribution in [0.1, 0.15) is 22.1 Å². The first kappa shape index (κ1) is 20.9. The molecule has 160 valence electrons. The van der Waals surface area contributed by atoms with Gasteiger partial charge in [-0.05, 0) is 11.1 Å². The Kier molecular flexibility index (Phi) is 5.66. The van der Waals surface area contributed by atoms with Crippen molar-refractivity contribution in [3.63, 3.8) is 0 Å². The first-order valence-electron chi connectivity index (χ1n) is 9.59. The Morgan fingerprint density at radius 1 is 0.968 bits per heavy atom. The van der Waals surface area contributed by atoms with Crippen LogP contribution in [0.25, 0.3) is 11.1 Å². The fourth-order valence-electron chi connectivity index (χ4n) is 3.55. The van der Waals surface area contributed by atoms with Crippen LogP contribution in [-0.4, -0.2) is 55.6 Å². The van der Waals surface area contributed by atoms with Gasteiger partial charge in [0.25, 0.3) is 5.56 Å². The van der Waals surface area contributed by atoms with Crippen molar-refractivity contribution in [1.29, 1.82) is 0 Å². The molecule has 0 spiro atoms. The Hall–Kier alpha value is -3.37. The fourth-order valence-corrected chi connectivity index (χ4v) is 3.55. The molecule has 1 saturated heterocycles. The van der Waals surface area contributed by atoms with Crippen molar-refractivity contribution in [2.24, 2.45) is 0 Å². The SMILES string of the molecule is O=C(c1ccc(-c2ccccc2)cc1)c1cn([C@@H]2O[C@H](CO)[C@@H](O)[C@H]2O)c(=O)[nH]c1=O. The van der Waals surface area contributed by atoms with E-state index in [9.17, 15) is 29.7 Å². The summed E-state index contributed by atoms with van der Waals surface area (Å²) in [5, 5.41) is 29.3. The lowest BCUT2D eigenvalue weighted by Gasteiger charge is -2.17. The van der Waals surface area contributed by atoms with Gasteiger partial charge >= 0.3 is 5.69 Å². The molecule has 31 heavy (non-hydrogen) atoms. The highest BCUT2D eigenvalue weighted by atomic mass is 16.6. The van der Waals surface area contributed by atoms with E-state index in [1.165, 1.54) is 0 Å². The van der Waals surface area contributed by atoms with E-state index in [2.05, 4.69) is 0 Å². The highest BCUT2D eigenvalue weighted by Crippen LogP contribution is 2.28. The van der Waals surface area contributed by atoms with Crippen LogP contribution in [0.4, 0.5) is 0 Å². The van der Waals surface area contributed by atoms with Gasteiger partial charge in [-0.15, -0.1) is 0 Å². The average molecular weight is 424 g/mol. The molecule has 9 nitrogen and oxygen atoms in total. The van der Waals surface area contributed by atoms with Crippen molar-refractivity contribution in [2.45, 2.75) is 24.5 Å². The second kappa shape index (κ2) is 8.40. The standard InChI is InChI=1S/C22H20N2O7/c25-11-16-18(27)19(28)21(31-16)24-10-15(20(29)23-22(24)30)17(26)14-8-6-13(7-9-14)12-4-2-1-3-5-12/h1-10,16,18-19,21,25,27-28H,11H2,(H,23,29,30)/t16-,18-,19-,21-/m1/s1. The minimum atomic E-state index is -1.53. The molecule has 4 rings (SSSR count). The van der Waals surface area contributed by atoms with Crippen LogP contribution >= 0.6 is 0 Å². The maximum Gasteiger partial charge on any atom is 0.330 e. The molecular formula is C22H20N2O7. The van der Waals surface area contributed by atoms with Gasteiger partial charge < -0.3 is 20.1 Å². The van der Waals surface area contributed by atoms with Crippen LogP contribution in [0.5, 0.6) is 0 Å².